The molecule has 3 rings (SSSR count). The molecule has 3 aromatic rings. The highest BCUT2D eigenvalue weighted by Crippen LogP contribution is 2.29. The van der Waals surface area contributed by atoms with Gasteiger partial charge in [0.05, 0.1) is 19.9 Å². The Bertz CT molecular complexity index is 797. The minimum absolute atomic E-state index is 0.522. The third kappa shape index (κ3) is 4.88. The van der Waals surface area contributed by atoms with E-state index in [0.717, 1.165) is 34.9 Å². The van der Waals surface area contributed by atoms with E-state index >= 15 is 0 Å². The molecule has 4 heteroatoms. The van der Waals surface area contributed by atoms with Gasteiger partial charge in [-0.25, -0.2) is 0 Å². The van der Waals surface area contributed by atoms with Crippen LogP contribution in [-0.2, 0) is 19.7 Å². The Morgan fingerprint density at radius 2 is 1.84 bits per heavy atom. The molecule has 1 heterocycles. The van der Waals surface area contributed by atoms with E-state index in [-0.39, 0.29) is 0 Å². The van der Waals surface area contributed by atoms with Gasteiger partial charge in [-0.05, 0) is 42.3 Å². The van der Waals surface area contributed by atoms with E-state index in [9.17, 15) is 0 Å². The fourth-order valence-corrected chi connectivity index (χ4v) is 2.65. The van der Waals surface area contributed by atoms with Crippen molar-refractivity contribution in [3.8, 4) is 11.5 Å². The molecular weight excluding hydrogens is 314 g/mol. The predicted molar refractivity (Wildman–Crippen MR) is 97.8 cm³/mol. The molecule has 0 spiro atoms. The number of hydrogen-bond acceptors (Lipinski definition) is 4. The lowest BCUT2D eigenvalue weighted by molar-refractivity contribution is 0.284. The van der Waals surface area contributed by atoms with Crippen molar-refractivity contribution in [2.24, 2.45) is 0 Å². The Hall–Kier alpha value is -2.72. The van der Waals surface area contributed by atoms with Gasteiger partial charge in [0.25, 0.3) is 0 Å². The maximum absolute atomic E-state index is 5.93. The molecule has 0 unspecified atom stereocenters. The van der Waals surface area contributed by atoms with Crippen LogP contribution in [0.4, 0.5) is 0 Å². The van der Waals surface area contributed by atoms with Crippen molar-refractivity contribution < 1.29 is 13.9 Å². The van der Waals surface area contributed by atoms with E-state index in [0.29, 0.717) is 13.2 Å². The van der Waals surface area contributed by atoms with Gasteiger partial charge >= 0.3 is 0 Å². The predicted octanol–water partition coefficient (Wildman–Crippen LogP) is 4.47. The number of furan rings is 1. The molecule has 0 aliphatic carbocycles. The summed E-state index contributed by atoms with van der Waals surface area (Å²) in [6.45, 7) is 4.03. The zero-order chi connectivity index (χ0) is 17.5. The lowest BCUT2D eigenvalue weighted by Crippen LogP contribution is -2.12. The molecular formula is C21H23NO3. The van der Waals surface area contributed by atoms with Gasteiger partial charge in [0.2, 0.25) is 0 Å². The highest BCUT2D eigenvalue weighted by Gasteiger charge is 2.07. The van der Waals surface area contributed by atoms with Gasteiger partial charge in [-0.15, -0.1) is 0 Å². The SMILES string of the molecule is COc1cc(CNCc2ccco2)ccc1OCc1cccc(C)c1. The monoisotopic (exact) mass is 337 g/mol. The molecule has 1 N–H and O–H groups in total. The molecule has 130 valence electrons. The molecule has 0 radical (unpaired) electrons. The maximum atomic E-state index is 5.93. The Morgan fingerprint density at radius 1 is 0.920 bits per heavy atom. The summed E-state index contributed by atoms with van der Waals surface area (Å²) in [5.41, 5.74) is 3.50. The molecule has 1 aromatic heterocycles. The van der Waals surface area contributed by atoms with Crippen LogP contribution >= 0.6 is 0 Å². The Kier molecular flexibility index (Phi) is 5.75. The summed E-state index contributed by atoms with van der Waals surface area (Å²) in [6, 6.07) is 18.2. The van der Waals surface area contributed by atoms with Crippen LogP contribution in [0.15, 0.2) is 65.3 Å². The number of hydrogen-bond donors (Lipinski definition) is 1. The van der Waals surface area contributed by atoms with Crippen LogP contribution in [0.2, 0.25) is 0 Å². The second-order valence-electron chi connectivity index (χ2n) is 5.95. The van der Waals surface area contributed by atoms with Crippen LogP contribution in [0, 0.1) is 6.92 Å². The fraction of sp³-hybridized carbons (Fsp3) is 0.238. The average Bonchev–Trinajstić information content (AvgIpc) is 3.14. The van der Waals surface area contributed by atoms with E-state index in [1.54, 1.807) is 13.4 Å². The zero-order valence-corrected chi connectivity index (χ0v) is 14.6. The molecule has 0 aliphatic heterocycles. The molecule has 0 atom stereocenters. The van der Waals surface area contributed by atoms with E-state index in [2.05, 4.69) is 30.4 Å². The average molecular weight is 337 g/mol. The molecule has 0 fully saturated rings. The van der Waals surface area contributed by atoms with Crippen molar-refractivity contribution >= 4 is 0 Å². The van der Waals surface area contributed by atoms with Gasteiger partial charge in [-0.2, -0.15) is 0 Å². The summed E-state index contributed by atoms with van der Waals surface area (Å²) in [6.07, 6.45) is 1.68. The first-order chi connectivity index (χ1) is 12.2. The Labute approximate surface area is 148 Å². The van der Waals surface area contributed by atoms with E-state index in [1.807, 2.05) is 36.4 Å². The van der Waals surface area contributed by atoms with E-state index in [4.69, 9.17) is 13.9 Å². The Morgan fingerprint density at radius 3 is 2.60 bits per heavy atom. The number of benzene rings is 2. The fourth-order valence-electron chi connectivity index (χ4n) is 2.65. The maximum Gasteiger partial charge on any atom is 0.161 e. The van der Waals surface area contributed by atoms with Crippen molar-refractivity contribution in [1.82, 2.24) is 5.32 Å². The Balaban J connectivity index is 1.59. The third-order valence-electron chi connectivity index (χ3n) is 3.91. The minimum Gasteiger partial charge on any atom is -0.493 e. The summed E-state index contributed by atoms with van der Waals surface area (Å²) < 4.78 is 16.7. The summed E-state index contributed by atoms with van der Waals surface area (Å²) in [5.74, 6) is 2.41. The third-order valence-corrected chi connectivity index (χ3v) is 3.91. The van der Waals surface area contributed by atoms with E-state index < -0.39 is 0 Å². The van der Waals surface area contributed by atoms with Crippen LogP contribution in [0.1, 0.15) is 22.5 Å². The lowest BCUT2D eigenvalue weighted by Gasteiger charge is -2.13. The molecule has 0 saturated carbocycles. The molecule has 0 amide bonds. The highest BCUT2D eigenvalue weighted by molar-refractivity contribution is 5.43. The smallest absolute Gasteiger partial charge is 0.161 e. The lowest BCUT2D eigenvalue weighted by atomic mass is 10.1. The van der Waals surface area contributed by atoms with Gasteiger partial charge in [-0.3, -0.25) is 0 Å². The van der Waals surface area contributed by atoms with Crippen molar-refractivity contribution in [3.05, 3.63) is 83.3 Å². The molecule has 0 saturated heterocycles. The number of rotatable bonds is 8. The largest absolute Gasteiger partial charge is 0.493 e. The van der Waals surface area contributed by atoms with Crippen LogP contribution in [-0.4, -0.2) is 7.11 Å². The van der Waals surface area contributed by atoms with Crippen molar-refractivity contribution in [1.29, 1.82) is 0 Å². The van der Waals surface area contributed by atoms with E-state index in [1.165, 1.54) is 5.56 Å². The van der Waals surface area contributed by atoms with Crippen LogP contribution in [0.3, 0.4) is 0 Å². The molecule has 2 aromatic carbocycles. The molecule has 4 nitrogen and oxygen atoms in total. The van der Waals surface area contributed by atoms with Crippen molar-refractivity contribution in [2.75, 3.05) is 7.11 Å². The van der Waals surface area contributed by atoms with Crippen molar-refractivity contribution in [2.45, 2.75) is 26.6 Å². The topological polar surface area (TPSA) is 43.6 Å². The van der Waals surface area contributed by atoms with Crippen LogP contribution < -0.4 is 14.8 Å². The molecule has 25 heavy (non-hydrogen) atoms. The number of ether oxygens (including phenoxy) is 2. The van der Waals surface area contributed by atoms with Gasteiger partial charge in [-0.1, -0.05) is 35.9 Å². The quantitative estimate of drug-likeness (QED) is 0.659. The summed E-state index contributed by atoms with van der Waals surface area (Å²) >= 11 is 0. The van der Waals surface area contributed by atoms with Gasteiger partial charge in [0.1, 0.15) is 12.4 Å². The minimum atomic E-state index is 0.522. The summed E-state index contributed by atoms with van der Waals surface area (Å²) in [5, 5.41) is 3.35. The van der Waals surface area contributed by atoms with Gasteiger partial charge in [0, 0.05) is 6.54 Å². The first kappa shape index (κ1) is 17.1. The first-order valence-electron chi connectivity index (χ1n) is 8.33. The molecule has 0 bridgehead atoms. The summed E-state index contributed by atoms with van der Waals surface area (Å²) in [4.78, 5) is 0. The second kappa shape index (κ2) is 8.40. The number of methoxy groups -OCH3 is 1. The van der Waals surface area contributed by atoms with Crippen LogP contribution in [0.5, 0.6) is 11.5 Å². The first-order valence-corrected chi connectivity index (χ1v) is 8.33. The summed E-state index contributed by atoms with van der Waals surface area (Å²) in [7, 11) is 1.66. The number of aryl methyl sites for hydroxylation is 1. The zero-order valence-electron chi connectivity index (χ0n) is 14.6. The standard InChI is InChI=1S/C21H23NO3/c1-16-5-3-6-18(11-16)15-25-20-9-8-17(12-21(20)23-2)13-22-14-19-7-4-10-24-19/h3-12,22H,13-15H2,1-2H3. The highest BCUT2D eigenvalue weighted by atomic mass is 16.5. The second-order valence-corrected chi connectivity index (χ2v) is 5.95. The van der Waals surface area contributed by atoms with Gasteiger partial charge in [0.15, 0.2) is 11.5 Å². The molecule has 0 aliphatic rings. The van der Waals surface area contributed by atoms with Gasteiger partial charge < -0.3 is 19.2 Å². The van der Waals surface area contributed by atoms with Crippen LogP contribution in [0.25, 0.3) is 0 Å². The van der Waals surface area contributed by atoms with Crippen molar-refractivity contribution in [3.63, 3.8) is 0 Å². The number of nitrogens with one attached hydrogen (secondary N) is 1. The normalized spacial score (nSPS) is 10.6.